The van der Waals surface area contributed by atoms with Gasteiger partial charge in [0.25, 0.3) is 0 Å². The van der Waals surface area contributed by atoms with E-state index in [1.807, 2.05) is 0 Å². The Morgan fingerprint density at radius 1 is 1.24 bits per heavy atom. The summed E-state index contributed by atoms with van der Waals surface area (Å²) in [5, 5.41) is 13.5. The number of piperidine rings is 1. The summed E-state index contributed by atoms with van der Waals surface area (Å²) in [4.78, 5) is 0. The highest BCUT2D eigenvalue weighted by Crippen LogP contribution is 2.19. The molecule has 0 aliphatic carbocycles. The second kappa shape index (κ2) is 8.06. The Labute approximate surface area is 106 Å². The maximum atomic E-state index is 10.3. The van der Waals surface area contributed by atoms with Crippen LogP contribution in [0.15, 0.2) is 0 Å². The minimum Gasteiger partial charge on any atom is -0.387 e. The normalized spacial score (nSPS) is 21.4. The SMILES string of the molecule is CCCCCCC(C)OCC1(O)CCNCC1. The monoisotopic (exact) mass is 243 g/mol. The molecule has 0 bridgehead atoms. The van der Waals surface area contributed by atoms with E-state index < -0.39 is 5.60 Å². The molecule has 1 rings (SSSR count). The smallest absolute Gasteiger partial charge is 0.0904 e. The van der Waals surface area contributed by atoms with E-state index in [-0.39, 0.29) is 6.10 Å². The maximum Gasteiger partial charge on any atom is 0.0904 e. The Balaban J connectivity index is 2.07. The minimum atomic E-state index is -0.580. The first-order valence-electron chi connectivity index (χ1n) is 7.21. The number of hydrogen-bond donors (Lipinski definition) is 2. The van der Waals surface area contributed by atoms with Gasteiger partial charge in [0, 0.05) is 0 Å². The van der Waals surface area contributed by atoms with Crippen LogP contribution in [-0.4, -0.2) is 36.5 Å². The lowest BCUT2D eigenvalue weighted by atomic mass is 9.93. The molecule has 0 spiro atoms. The zero-order valence-electron chi connectivity index (χ0n) is 11.5. The van der Waals surface area contributed by atoms with Crippen LogP contribution in [0.4, 0.5) is 0 Å². The third-order valence-electron chi connectivity index (χ3n) is 3.63. The van der Waals surface area contributed by atoms with Crippen LogP contribution >= 0.6 is 0 Å². The average Bonchev–Trinajstić information content (AvgIpc) is 2.33. The van der Waals surface area contributed by atoms with Gasteiger partial charge in [0.15, 0.2) is 0 Å². The van der Waals surface area contributed by atoms with Crippen LogP contribution < -0.4 is 5.32 Å². The van der Waals surface area contributed by atoms with Crippen LogP contribution in [0.1, 0.15) is 58.8 Å². The topological polar surface area (TPSA) is 41.5 Å². The minimum absolute atomic E-state index is 0.283. The Hall–Kier alpha value is -0.120. The van der Waals surface area contributed by atoms with E-state index in [0.717, 1.165) is 32.4 Å². The molecule has 0 amide bonds. The molecule has 0 saturated carbocycles. The summed E-state index contributed by atoms with van der Waals surface area (Å²) in [6.07, 6.45) is 8.18. The quantitative estimate of drug-likeness (QED) is 0.644. The molecule has 0 aromatic heterocycles. The van der Waals surface area contributed by atoms with E-state index in [1.54, 1.807) is 0 Å². The summed E-state index contributed by atoms with van der Waals surface area (Å²) in [5.41, 5.74) is -0.580. The highest BCUT2D eigenvalue weighted by atomic mass is 16.5. The molecular formula is C14H29NO2. The zero-order valence-corrected chi connectivity index (χ0v) is 11.5. The van der Waals surface area contributed by atoms with Crippen molar-refractivity contribution in [2.75, 3.05) is 19.7 Å². The Morgan fingerprint density at radius 2 is 1.94 bits per heavy atom. The number of hydrogen-bond acceptors (Lipinski definition) is 3. The summed E-state index contributed by atoms with van der Waals surface area (Å²) < 4.78 is 5.79. The molecule has 1 unspecified atom stereocenters. The van der Waals surface area contributed by atoms with Crippen molar-refractivity contribution in [3.8, 4) is 0 Å². The highest BCUT2D eigenvalue weighted by Gasteiger charge is 2.29. The number of ether oxygens (including phenoxy) is 1. The predicted molar refractivity (Wildman–Crippen MR) is 71.2 cm³/mol. The third-order valence-corrected chi connectivity index (χ3v) is 3.63. The Bertz CT molecular complexity index is 191. The molecule has 1 fully saturated rings. The third kappa shape index (κ3) is 6.39. The zero-order chi connectivity index (χ0) is 12.6. The van der Waals surface area contributed by atoms with Crippen molar-refractivity contribution in [1.82, 2.24) is 5.32 Å². The number of unbranched alkanes of at least 4 members (excludes halogenated alkanes) is 3. The molecule has 1 aliphatic heterocycles. The van der Waals surface area contributed by atoms with Crippen molar-refractivity contribution in [3.05, 3.63) is 0 Å². The van der Waals surface area contributed by atoms with Crippen molar-refractivity contribution in [2.24, 2.45) is 0 Å². The van der Waals surface area contributed by atoms with Gasteiger partial charge in [-0.1, -0.05) is 32.6 Å². The van der Waals surface area contributed by atoms with Crippen molar-refractivity contribution in [3.63, 3.8) is 0 Å². The first-order valence-corrected chi connectivity index (χ1v) is 7.21. The van der Waals surface area contributed by atoms with Gasteiger partial charge < -0.3 is 15.2 Å². The van der Waals surface area contributed by atoms with E-state index in [0.29, 0.717) is 6.61 Å². The van der Waals surface area contributed by atoms with E-state index >= 15 is 0 Å². The predicted octanol–water partition coefficient (Wildman–Crippen LogP) is 2.48. The number of nitrogens with one attached hydrogen (secondary N) is 1. The Morgan fingerprint density at radius 3 is 2.59 bits per heavy atom. The van der Waals surface area contributed by atoms with Crippen LogP contribution in [0, 0.1) is 0 Å². The van der Waals surface area contributed by atoms with Gasteiger partial charge in [-0.25, -0.2) is 0 Å². The molecule has 1 aliphatic rings. The van der Waals surface area contributed by atoms with E-state index in [1.165, 1.54) is 25.7 Å². The molecule has 1 saturated heterocycles. The molecule has 0 aromatic rings. The molecule has 102 valence electrons. The van der Waals surface area contributed by atoms with E-state index in [2.05, 4.69) is 19.2 Å². The molecule has 3 nitrogen and oxygen atoms in total. The largest absolute Gasteiger partial charge is 0.387 e. The first-order chi connectivity index (χ1) is 8.16. The van der Waals surface area contributed by atoms with Gasteiger partial charge in [0.2, 0.25) is 0 Å². The van der Waals surface area contributed by atoms with Crippen molar-refractivity contribution < 1.29 is 9.84 Å². The second-order valence-electron chi connectivity index (χ2n) is 5.45. The van der Waals surface area contributed by atoms with Gasteiger partial charge in [-0.3, -0.25) is 0 Å². The van der Waals surface area contributed by atoms with Crippen LogP contribution in [0.2, 0.25) is 0 Å². The summed E-state index contributed by atoms with van der Waals surface area (Å²) in [7, 11) is 0. The van der Waals surface area contributed by atoms with Gasteiger partial charge in [0.05, 0.1) is 18.3 Å². The Kier molecular flexibility index (Phi) is 7.09. The standard InChI is InChI=1S/C14H29NO2/c1-3-4-5-6-7-13(2)17-12-14(16)8-10-15-11-9-14/h13,15-16H,3-12H2,1-2H3. The van der Waals surface area contributed by atoms with Gasteiger partial charge >= 0.3 is 0 Å². The lowest BCUT2D eigenvalue weighted by molar-refractivity contribution is -0.0850. The summed E-state index contributed by atoms with van der Waals surface area (Å²) in [6.45, 7) is 6.67. The highest BCUT2D eigenvalue weighted by molar-refractivity contribution is 4.84. The lowest BCUT2D eigenvalue weighted by Gasteiger charge is -2.33. The van der Waals surface area contributed by atoms with Crippen LogP contribution in [0.25, 0.3) is 0 Å². The van der Waals surface area contributed by atoms with Gasteiger partial charge in [-0.05, 0) is 39.3 Å². The number of aliphatic hydroxyl groups is 1. The summed E-state index contributed by atoms with van der Waals surface area (Å²) in [5.74, 6) is 0. The molecular weight excluding hydrogens is 214 g/mol. The molecule has 0 radical (unpaired) electrons. The molecule has 1 atom stereocenters. The van der Waals surface area contributed by atoms with Crippen LogP contribution in [0.3, 0.4) is 0 Å². The summed E-state index contributed by atoms with van der Waals surface area (Å²) in [6, 6.07) is 0. The van der Waals surface area contributed by atoms with Crippen molar-refractivity contribution >= 4 is 0 Å². The van der Waals surface area contributed by atoms with Crippen molar-refractivity contribution in [2.45, 2.75) is 70.5 Å². The van der Waals surface area contributed by atoms with E-state index in [9.17, 15) is 5.11 Å². The van der Waals surface area contributed by atoms with Crippen LogP contribution in [-0.2, 0) is 4.74 Å². The van der Waals surface area contributed by atoms with Crippen molar-refractivity contribution in [1.29, 1.82) is 0 Å². The molecule has 2 N–H and O–H groups in total. The molecule has 0 aromatic carbocycles. The van der Waals surface area contributed by atoms with Crippen LogP contribution in [0.5, 0.6) is 0 Å². The molecule has 3 heteroatoms. The summed E-state index contributed by atoms with van der Waals surface area (Å²) >= 11 is 0. The van der Waals surface area contributed by atoms with Gasteiger partial charge in [-0.2, -0.15) is 0 Å². The fraction of sp³-hybridized carbons (Fsp3) is 1.00. The lowest BCUT2D eigenvalue weighted by Crippen LogP contribution is -2.45. The number of rotatable bonds is 8. The fourth-order valence-electron chi connectivity index (χ4n) is 2.28. The first kappa shape index (κ1) is 14.9. The maximum absolute atomic E-state index is 10.3. The molecule has 17 heavy (non-hydrogen) atoms. The average molecular weight is 243 g/mol. The van der Waals surface area contributed by atoms with Gasteiger partial charge in [0.1, 0.15) is 0 Å². The van der Waals surface area contributed by atoms with E-state index in [4.69, 9.17) is 4.74 Å². The second-order valence-corrected chi connectivity index (χ2v) is 5.45. The fourth-order valence-corrected chi connectivity index (χ4v) is 2.28. The van der Waals surface area contributed by atoms with Gasteiger partial charge in [-0.15, -0.1) is 0 Å². The molecule has 1 heterocycles.